The van der Waals surface area contributed by atoms with Crippen molar-refractivity contribution < 1.29 is 63.2 Å². The van der Waals surface area contributed by atoms with Crippen LogP contribution in [0.25, 0.3) is 0 Å². The number of ether oxygens (including phenoxy) is 7. The summed E-state index contributed by atoms with van der Waals surface area (Å²) in [6, 6.07) is 7.24. The van der Waals surface area contributed by atoms with Crippen LogP contribution in [0, 0.1) is 23.7 Å². The van der Waals surface area contributed by atoms with E-state index < -0.39 is 108 Å². The van der Waals surface area contributed by atoms with Crippen LogP contribution in [-0.2, 0) is 55.8 Å². The zero-order valence-electron chi connectivity index (χ0n) is 39.8. The summed E-state index contributed by atoms with van der Waals surface area (Å²) in [6.45, 7) is 18.0. The molecule has 5 heterocycles. The third kappa shape index (κ3) is 11.6. The third-order valence-corrected chi connectivity index (χ3v) is 14.3. The van der Waals surface area contributed by atoms with Gasteiger partial charge in [-0.05, 0) is 84.1 Å². The predicted molar refractivity (Wildman–Crippen MR) is 235 cm³/mol. The summed E-state index contributed by atoms with van der Waals surface area (Å²) < 4.78 is 44.9. The van der Waals surface area contributed by atoms with Crippen LogP contribution in [-0.4, -0.2) is 146 Å². The maximum atomic E-state index is 14.5. The second kappa shape index (κ2) is 21.7. The molecule has 0 amide bonds. The molecule has 18 atom stereocenters. The van der Waals surface area contributed by atoms with Crippen LogP contribution in [0.4, 0.5) is 0 Å². The number of hydrogen-bond donors (Lipinski definition) is 4. The molecule has 0 saturated carbocycles. The molecule has 0 unspecified atom stereocenters. The number of aliphatic hydroxyl groups excluding tert-OH is 3. The molecule has 3 fully saturated rings. The first-order valence-corrected chi connectivity index (χ1v) is 22.8. The minimum absolute atomic E-state index is 0.0696. The lowest BCUT2D eigenvalue weighted by Crippen LogP contribution is -2.61. The number of pyridine rings is 2. The molecule has 360 valence electrons. The molecule has 3 aliphatic heterocycles. The first-order valence-electron chi connectivity index (χ1n) is 22.8. The smallest absolute Gasteiger partial charge is 0.311 e. The average molecular weight is 902 g/mol. The Bertz CT molecular complexity index is 1750. The number of cyclic esters (lactones) is 1. The van der Waals surface area contributed by atoms with E-state index in [0.717, 1.165) is 11.1 Å². The number of esters is 1. The summed E-state index contributed by atoms with van der Waals surface area (Å²) in [4.78, 5) is 39.6. The Hall–Kier alpha value is -3.00. The van der Waals surface area contributed by atoms with Crippen molar-refractivity contribution >= 4 is 11.8 Å². The van der Waals surface area contributed by atoms with E-state index in [9.17, 15) is 30.0 Å². The van der Waals surface area contributed by atoms with Crippen molar-refractivity contribution in [1.29, 1.82) is 0 Å². The lowest BCUT2D eigenvalue weighted by atomic mass is 9.74. The topological polar surface area (TPSA) is 209 Å². The number of aromatic nitrogens is 2. The van der Waals surface area contributed by atoms with Crippen molar-refractivity contribution in [3.05, 3.63) is 60.2 Å². The van der Waals surface area contributed by atoms with Crippen molar-refractivity contribution in [3.8, 4) is 0 Å². The molecular formula is C48H75N3O13. The van der Waals surface area contributed by atoms with E-state index in [1.807, 2.05) is 38.1 Å². The van der Waals surface area contributed by atoms with Gasteiger partial charge in [-0.25, -0.2) is 0 Å². The molecule has 0 aliphatic carbocycles. The van der Waals surface area contributed by atoms with Gasteiger partial charge in [0.1, 0.15) is 29.7 Å². The van der Waals surface area contributed by atoms with E-state index >= 15 is 0 Å². The van der Waals surface area contributed by atoms with Gasteiger partial charge in [0.05, 0.1) is 47.6 Å². The highest BCUT2D eigenvalue weighted by atomic mass is 16.7. The number of methoxy groups -OCH3 is 2. The maximum Gasteiger partial charge on any atom is 0.311 e. The Morgan fingerprint density at radius 3 is 1.94 bits per heavy atom. The molecule has 0 aromatic carbocycles. The lowest BCUT2D eigenvalue weighted by molar-refractivity contribution is -0.320. The molecule has 4 N–H and O–H groups in total. The molecule has 16 heteroatoms. The average Bonchev–Trinajstić information content (AvgIpc) is 3.27. The van der Waals surface area contributed by atoms with E-state index in [0.29, 0.717) is 19.5 Å². The number of ketones is 1. The van der Waals surface area contributed by atoms with Crippen molar-refractivity contribution in [2.45, 2.75) is 192 Å². The van der Waals surface area contributed by atoms with Crippen LogP contribution in [0.1, 0.15) is 106 Å². The lowest BCUT2D eigenvalue weighted by Gasteiger charge is -2.50. The van der Waals surface area contributed by atoms with Gasteiger partial charge in [0.15, 0.2) is 12.6 Å². The van der Waals surface area contributed by atoms with Crippen molar-refractivity contribution in [1.82, 2.24) is 14.9 Å². The molecule has 64 heavy (non-hydrogen) atoms. The first kappa shape index (κ1) is 52.0. The second-order valence-electron chi connectivity index (χ2n) is 19.3. The number of carbonyl (C=O) groups is 2. The molecule has 0 bridgehead atoms. The van der Waals surface area contributed by atoms with Gasteiger partial charge in [-0.2, -0.15) is 0 Å². The fourth-order valence-corrected chi connectivity index (χ4v) is 10.2. The number of hydrogen-bond acceptors (Lipinski definition) is 16. The summed E-state index contributed by atoms with van der Waals surface area (Å²) in [5, 5.41) is 47.0. The number of nitrogens with zero attached hydrogens (tertiary/aromatic N) is 3. The van der Waals surface area contributed by atoms with Gasteiger partial charge in [0.2, 0.25) is 0 Å². The number of carbonyl (C=O) groups excluding carboxylic acids is 2. The standard InChI is InChI=1S/C48H75N3O13/c1-13-36-48(10,57)41(54)29(4)38(52)27(2)21-47(9,59-12)43(30(5)40(31(6)44(56)62-36)63-37-22-46(8,58-11)42(55)32(7)61-37)64-45-39(53)35(20-28(3)60-45)51(25-33-16-14-18-49-23-33)26-34-17-15-19-50-24-34/h14-19,23-24,27-32,35-37,39-43,45,53-55,57H,13,20-22,25-26H2,1-12H3/t27-,28-,29+,30+,31-,32+,35+,36-,37+,39-,40+,41-,42+,43-,45+,46-,47+,48-/m1/s1. The minimum Gasteiger partial charge on any atom is -0.459 e. The maximum absolute atomic E-state index is 14.5. The van der Waals surface area contributed by atoms with Gasteiger partial charge in [-0.3, -0.25) is 24.5 Å². The van der Waals surface area contributed by atoms with Gasteiger partial charge in [-0.15, -0.1) is 0 Å². The summed E-state index contributed by atoms with van der Waals surface area (Å²) in [7, 11) is 3.01. The second-order valence-corrected chi connectivity index (χ2v) is 19.3. The Morgan fingerprint density at radius 1 is 0.812 bits per heavy atom. The summed E-state index contributed by atoms with van der Waals surface area (Å²) >= 11 is 0. The van der Waals surface area contributed by atoms with E-state index in [-0.39, 0.29) is 31.1 Å². The van der Waals surface area contributed by atoms with Crippen LogP contribution in [0.5, 0.6) is 0 Å². The number of rotatable bonds is 12. The minimum atomic E-state index is -2.00. The fourth-order valence-electron chi connectivity index (χ4n) is 10.2. The molecule has 3 aliphatic rings. The highest BCUT2D eigenvalue weighted by molar-refractivity contribution is 5.83. The molecule has 0 radical (unpaired) electrons. The van der Waals surface area contributed by atoms with Crippen molar-refractivity contribution in [3.63, 3.8) is 0 Å². The van der Waals surface area contributed by atoms with Gasteiger partial charge in [-0.1, -0.05) is 39.8 Å². The van der Waals surface area contributed by atoms with E-state index in [1.54, 1.807) is 73.3 Å². The third-order valence-electron chi connectivity index (χ3n) is 14.3. The van der Waals surface area contributed by atoms with Gasteiger partial charge < -0.3 is 53.6 Å². The van der Waals surface area contributed by atoms with Gasteiger partial charge in [0.25, 0.3) is 0 Å². The van der Waals surface area contributed by atoms with E-state index in [2.05, 4.69) is 14.9 Å². The highest BCUT2D eigenvalue weighted by Gasteiger charge is 2.54. The summed E-state index contributed by atoms with van der Waals surface area (Å²) in [5.74, 6) is -4.71. The van der Waals surface area contributed by atoms with E-state index in [1.165, 1.54) is 21.1 Å². The molecule has 3 saturated heterocycles. The van der Waals surface area contributed by atoms with Crippen molar-refractivity contribution in [2.24, 2.45) is 23.7 Å². The van der Waals surface area contributed by atoms with Crippen molar-refractivity contribution in [2.75, 3.05) is 14.2 Å². The molecule has 0 spiro atoms. The molecule has 2 aromatic rings. The molecular weight excluding hydrogens is 827 g/mol. The Balaban J connectivity index is 1.61. The highest BCUT2D eigenvalue weighted by Crippen LogP contribution is 2.42. The van der Waals surface area contributed by atoms with Gasteiger partial charge in [0, 0.05) is 82.3 Å². The first-order chi connectivity index (χ1) is 30.1. The monoisotopic (exact) mass is 902 g/mol. The van der Waals surface area contributed by atoms with Gasteiger partial charge >= 0.3 is 5.97 Å². The quantitative estimate of drug-likeness (QED) is 0.218. The summed E-state index contributed by atoms with van der Waals surface area (Å²) in [6.07, 6.45) is -2.60. The zero-order valence-corrected chi connectivity index (χ0v) is 39.8. The van der Waals surface area contributed by atoms with Crippen LogP contribution in [0.3, 0.4) is 0 Å². The Morgan fingerprint density at radius 2 is 1.41 bits per heavy atom. The fraction of sp³-hybridized carbons (Fsp3) is 0.750. The largest absolute Gasteiger partial charge is 0.459 e. The van der Waals surface area contributed by atoms with E-state index in [4.69, 9.17) is 33.2 Å². The normalized spacial score (nSPS) is 41.9. The van der Waals surface area contributed by atoms with Crippen LogP contribution in [0.2, 0.25) is 0 Å². The SMILES string of the molecule is CC[C@H]1OC(=O)[C@H](C)[C@@H](O[C@H]2C[C@@](C)(OC)[C@@H](O)[C@H](C)O2)[C@H](C)[C@@H](O[C@@H]2O[C@H](C)C[C@H](N(Cc3cccnc3)Cc3cccnc3)[C@H]2O)[C@@](C)(OC)C[C@@H](C)C(=O)[C@H](C)[C@@H](O)[C@]1(C)O. The zero-order chi connectivity index (χ0) is 47.3. The number of Topliss-reactive ketones (excluding diaryl/α,β-unsaturated/α-hetero) is 1. The Kier molecular flexibility index (Phi) is 17.7. The molecule has 5 rings (SSSR count). The molecule has 16 nitrogen and oxygen atoms in total. The van der Waals surface area contributed by atoms with Crippen LogP contribution in [0.15, 0.2) is 49.1 Å². The Labute approximate surface area is 379 Å². The molecule has 2 aromatic heterocycles. The summed E-state index contributed by atoms with van der Waals surface area (Å²) in [5.41, 5.74) is -2.49. The predicted octanol–water partition coefficient (Wildman–Crippen LogP) is 4.37. The number of aliphatic hydroxyl groups is 4. The van der Waals surface area contributed by atoms with Crippen LogP contribution < -0.4 is 0 Å². The van der Waals surface area contributed by atoms with Crippen LogP contribution >= 0.6 is 0 Å².